The van der Waals surface area contributed by atoms with Crippen LogP contribution in [0.4, 0.5) is 0 Å². The lowest BCUT2D eigenvalue weighted by atomic mass is 9.90. The number of carbonyl (C=O) groups is 1. The predicted molar refractivity (Wildman–Crippen MR) is 178 cm³/mol. The standard InChI is InChI=1S/C35H43ClN4O4S/c36-31-12-10-30(11-13-31)29-8-6-27(7-9-29)24-38-22-23-40(34(25-38)35(41)39-20-18-37-19-21-39)45(42,43)33-16-14-32(15-17-33)44-26-28-4-2-1-3-5-28/h6-17,28,34,37H,1-5,18-26H2. The van der Waals surface area contributed by atoms with Crippen molar-refractivity contribution >= 4 is 27.5 Å². The Kier molecular flexibility index (Phi) is 10.4. The van der Waals surface area contributed by atoms with Gasteiger partial charge in [0.2, 0.25) is 15.9 Å². The van der Waals surface area contributed by atoms with E-state index in [1.807, 2.05) is 24.3 Å². The molecule has 0 bridgehead atoms. The van der Waals surface area contributed by atoms with Gasteiger partial charge in [-0.05, 0) is 71.8 Å². The van der Waals surface area contributed by atoms with Crippen LogP contribution >= 0.6 is 11.6 Å². The van der Waals surface area contributed by atoms with Gasteiger partial charge in [0, 0.05) is 57.4 Å². The number of nitrogens with zero attached hydrogens (tertiary/aromatic N) is 3. The molecule has 240 valence electrons. The van der Waals surface area contributed by atoms with Crippen molar-refractivity contribution in [2.45, 2.75) is 49.6 Å². The number of nitrogens with one attached hydrogen (secondary N) is 1. The van der Waals surface area contributed by atoms with Crippen molar-refractivity contribution in [2.75, 3.05) is 52.4 Å². The summed E-state index contributed by atoms with van der Waals surface area (Å²) >= 11 is 6.05. The lowest BCUT2D eigenvalue weighted by Crippen LogP contribution is -2.62. The predicted octanol–water partition coefficient (Wildman–Crippen LogP) is 5.27. The summed E-state index contributed by atoms with van der Waals surface area (Å²) in [5.74, 6) is 1.12. The summed E-state index contributed by atoms with van der Waals surface area (Å²) in [6.07, 6.45) is 6.19. The third-order valence-corrected chi connectivity index (χ3v) is 11.5. The first-order chi connectivity index (χ1) is 21.9. The normalized spacial score (nSPS) is 20.6. The summed E-state index contributed by atoms with van der Waals surface area (Å²) in [5, 5.41) is 3.99. The summed E-state index contributed by atoms with van der Waals surface area (Å²) in [5.41, 5.74) is 3.31. The smallest absolute Gasteiger partial charge is 0.243 e. The molecule has 8 nitrogen and oxygen atoms in total. The molecule has 10 heteroatoms. The van der Waals surface area contributed by atoms with Crippen molar-refractivity contribution < 1.29 is 17.9 Å². The van der Waals surface area contributed by atoms with Crippen molar-refractivity contribution in [1.82, 2.24) is 19.4 Å². The van der Waals surface area contributed by atoms with Crippen molar-refractivity contribution in [2.24, 2.45) is 5.92 Å². The minimum absolute atomic E-state index is 0.129. The van der Waals surface area contributed by atoms with Crippen LogP contribution in [0.3, 0.4) is 0 Å². The number of amides is 1. The second-order valence-electron chi connectivity index (χ2n) is 12.4. The van der Waals surface area contributed by atoms with E-state index in [2.05, 4.69) is 34.5 Å². The fourth-order valence-corrected chi connectivity index (χ4v) is 8.36. The van der Waals surface area contributed by atoms with Crippen LogP contribution in [0.2, 0.25) is 5.02 Å². The number of piperazine rings is 2. The van der Waals surface area contributed by atoms with Crippen molar-refractivity contribution in [3.63, 3.8) is 0 Å². The Morgan fingerprint density at radius 1 is 0.822 bits per heavy atom. The van der Waals surface area contributed by atoms with E-state index in [1.165, 1.54) is 36.4 Å². The molecule has 1 atom stereocenters. The number of sulfonamides is 1. The molecule has 1 saturated carbocycles. The summed E-state index contributed by atoms with van der Waals surface area (Å²) in [7, 11) is -3.90. The second-order valence-corrected chi connectivity index (χ2v) is 14.8. The zero-order chi connectivity index (χ0) is 31.2. The highest BCUT2D eigenvalue weighted by atomic mass is 35.5. The Hall–Kier alpha value is -2.95. The average molecular weight is 651 g/mol. The Morgan fingerprint density at radius 2 is 1.47 bits per heavy atom. The lowest BCUT2D eigenvalue weighted by molar-refractivity contribution is -0.137. The molecule has 0 radical (unpaired) electrons. The summed E-state index contributed by atoms with van der Waals surface area (Å²) < 4.78 is 35.5. The number of rotatable bonds is 9. The van der Waals surface area contributed by atoms with Crippen LogP contribution < -0.4 is 10.1 Å². The number of carbonyl (C=O) groups excluding carboxylic acids is 1. The van der Waals surface area contributed by atoms with Gasteiger partial charge in [-0.1, -0.05) is 67.3 Å². The molecule has 2 saturated heterocycles. The van der Waals surface area contributed by atoms with Gasteiger partial charge in [-0.25, -0.2) is 8.42 Å². The van der Waals surface area contributed by atoms with E-state index < -0.39 is 16.1 Å². The molecule has 1 amide bonds. The van der Waals surface area contributed by atoms with Gasteiger partial charge < -0.3 is 15.0 Å². The quantitative estimate of drug-likeness (QED) is 0.340. The highest BCUT2D eigenvalue weighted by Crippen LogP contribution is 2.28. The zero-order valence-electron chi connectivity index (χ0n) is 25.7. The van der Waals surface area contributed by atoms with Crippen LogP contribution in [0.1, 0.15) is 37.7 Å². The van der Waals surface area contributed by atoms with Gasteiger partial charge >= 0.3 is 0 Å². The Bertz CT molecular complexity index is 1520. The Labute approximate surface area is 272 Å². The third-order valence-electron chi connectivity index (χ3n) is 9.31. The van der Waals surface area contributed by atoms with Gasteiger partial charge in [0.05, 0.1) is 11.5 Å². The largest absolute Gasteiger partial charge is 0.493 e. The summed E-state index contributed by atoms with van der Waals surface area (Å²) in [6.45, 7) is 4.97. The monoisotopic (exact) mass is 650 g/mol. The highest BCUT2D eigenvalue weighted by molar-refractivity contribution is 7.89. The van der Waals surface area contributed by atoms with Gasteiger partial charge in [0.1, 0.15) is 11.8 Å². The molecule has 6 rings (SSSR count). The maximum absolute atomic E-state index is 14.0. The molecule has 1 unspecified atom stereocenters. The molecule has 45 heavy (non-hydrogen) atoms. The fraction of sp³-hybridized carbons (Fsp3) is 0.457. The van der Waals surface area contributed by atoms with E-state index >= 15 is 0 Å². The topological polar surface area (TPSA) is 82.2 Å². The number of benzene rings is 3. The maximum atomic E-state index is 14.0. The number of hydrogen-bond acceptors (Lipinski definition) is 6. The molecule has 0 aromatic heterocycles. The maximum Gasteiger partial charge on any atom is 0.243 e. The third kappa shape index (κ3) is 7.89. The lowest BCUT2D eigenvalue weighted by Gasteiger charge is -2.42. The van der Waals surface area contributed by atoms with E-state index in [-0.39, 0.29) is 17.3 Å². The van der Waals surface area contributed by atoms with Crippen molar-refractivity contribution in [3.05, 3.63) is 83.4 Å². The second kappa shape index (κ2) is 14.6. The Balaban J connectivity index is 1.15. The van der Waals surface area contributed by atoms with Gasteiger partial charge in [0.25, 0.3) is 0 Å². The van der Waals surface area contributed by atoms with E-state index in [1.54, 1.807) is 29.2 Å². The van der Waals surface area contributed by atoms with Crippen LogP contribution in [0.5, 0.6) is 5.75 Å². The number of halogens is 1. The van der Waals surface area contributed by atoms with Crippen LogP contribution in [-0.2, 0) is 21.4 Å². The molecular weight excluding hydrogens is 608 g/mol. The molecule has 3 aliphatic rings. The first-order valence-electron chi connectivity index (χ1n) is 16.2. The van der Waals surface area contributed by atoms with Crippen molar-refractivity contribution in [1.29, 1.82) is 0 Å². The highest BCUT2D eigenvalue weighted by Gasteiger charge is 2.42. The zero-order valence-corrected chi connectivity index (χ0v) is 27.3. The summed E-state index contributed by atoms with van der Waals surface area (Å²) in [4.78, 5) is 18.1. The first-order valence-corrected chi connectivity index (χ1v) is 18.0. The first kappa shape index (κ1) is 32.0. The fourth-order valence-electron chi connectivity index (χ4n) is 6.67. The van der Waals surface area contributed by atoms with Crippen LogP contribution in [0, 0.1) is 5.92 Å². The molecule has 2 heterocycles. The van der Waals surface area contributed by atoms with Crippen molar-refractivity contribution in [3.8, 4) is 16.9 Å². The van der Waals surface area contributed by atoms with Gasteiger partial charge in [-0.3, -0.25) is 9.69 Å². The van der Waals surface area contributed by atoms with E-state index in [0.717, 1.165) is 16.7 Å². The van der Waals surface area contributed by atoms with Crippen LogP contribution in [-0.4, -0.2) is 86.9 Å². The minimum atomic E-state index is -3.90. The van der Waals surface area contributed by atoms with E-state index in [4.69, 9.17) is 16.3 Å². The molecule has 3 aromatic carbocycles. The number of hydrogen-bond donors (Lipinski definition) is 1. The average Bonchev–Trinajstić information content (AvgIpc) is 3.09. The van der Waals surface area contributed by atoms with Gasteiger partial charge in [0.15, 0.2) is 0 Å². The van der Waals surface area contributed by atoms with Gasteiger partial charge in [-0.15, -0.1) is 0 Å². The molecule has 3 aromatic rings. The molecule has 2 aliphatic heterocycles. The SMILES string of the molecule is O=C(C1CN(Cc2ccc(-c3ccc(Cl)cc3)cc2)CCN1S(=O)(=O)c1ccc(OCC2CCCCC2)cc1)N1CCNCC1. The Morgan fingerprint density at radius 3 is 2.13 bits per heavy atom. The van der Waals surface area contributed by atoms with Gasteiger partial charge in [-0.2, -0.15) is 4.31 Å². The van der Waals surface area contributed by atoms with E-state index in [9.17, 15) is 13.2 Å². The number of ether oxygens (including phenoxy) is 1. The molecular formula is C35H43ClN4O4S. The van der Waals surface area contributed by atoms with E-state index in [0.29, 0.717) is 69.1 Å². The molecule has 1 aliphatic carbocycles. The summed E-state index contributed by atoms with van der Waals surface area (Å²) in [6, 6.07) is 22.1. The molecule has 3 fully saturated rings. The molecule has 0 spiro atoms. The van der Waals surface area contributed by atoms with Crippen LogP contribution in [0.25, 0.3) is 11.1 Å². The minimum Gasteiger partial charge on any atom is -0.493 e. The molecule has 1 N–H and O–H groups in total. The van der Waals surface area contributed by atoms with Crippen LogP contribution in [0.15, 0.2) is 77.7 Å².